The highest BCUT2D eigenvalue weighted by atomic mass is 16.5. The zero-order valence-electron chi connectivity index (χ0n) is 11.2. The van der Waals surface area contributed by atoms with Crippen LogP contribution < -0.4 is 5.73 Å². The maximum atomic E-state index is 6.42. The first-order valence-electron chi connectivity index (χ1n) is 6.88. The van der Waals surface area contributed by atoms with Gasteiger partial charge in [-0.15, -0.1) is 0 Å². The van der Waals surface area contributed by atoms with Crippen LogP contribution in [-0.4, -0.2) is 10.1 Å². The summed E-state index contributed by atoms with van der Waals surface area (Å²) in [6.45, 7) is 2.04. The van der Waals surface area contributed by atoms with E-state index in [1.165, 1.54) is 6.42 Å². The Morgan fingerprint density at radius 2 is 1.89 bits per heavy atom. The van der Waals surface area contributed by atoms with Crippen molar-refractivity contribution in [3.05, 3.63) is 35.7 Å². The Labute approximate surface area is 113 Å². The highest BCUT2D eigenvalue weighted by Gasteiger charge is 2.34. The van der Waals surface area contributed by atoms with Crippen molar-refractivity contribution < 1.29 is 4.52 Å². The Bertz CT molecular complexity index is 570. The Balaban J connectivity index is 1.93. The fourth-order valence-corrected chi connectivity index (χ4v) is 2.75. The first-order chi connectivity index (χ1) is 9.19. The lowest BCUT2D eigenvalue weighted by atomic mass is 9.82. The molecule has 100 valence electrons. The van der Waals surface area contributed by atoms with Crippen molar-refractivity contribution in [2.75, 3.05) is 0 Å². The van der Waals surface area contributed by atoms with E-state index in [1.807, 2.05) is 31.2 Å². The lowest BCUT2D eigenvalue weighted by molar-refractivity contribution is 0.275. The number of nitrogens with two attached hydrogens (primary N) is 1. The van der Waals surface area contributed by atoms with Crippen LogP contribution in [0, 0.1) is 6.92 Å². The Morgan fingerprint density at radius 1 is 1.16 bits per heavy atom. The van der Waals surface area contributed by atoms with Gasteiger partial charge in [0.25, 0.3) is 5.89 Å². The van der Waals surface area contributed by atoms with Crippen LogP contribution >= 0.6 is 0 Å². The zero-order valence-corrected chi connectivity index (χ0v) is 11.2. The Morgan fingerprint density at radius 3 is 2.63 bits per heavy atom. The second kappa shape index (κ2) is 4.78. The van der Waals surface area contributed by atoms with Gasteiger partial charge in [-0.2, -0.15) is 4.98 Å². The molecule has 0 radical (unpaired) electrons. The molecular weight excluding hydrogens is 238 g/mol. The normalized spacial score (nSPS) is 18.4. The van der Waals surface area contributed by atoms with Crippen molar-refractivity contribution in [3.63, 3.8) is 0 Å². The monoisotopic (exact) mass is 257 g/mol. The van der Waals surface area contributed by atoms with Gasteiger partial charge in [0.1, 0.15) is 0 Å². The fraction of sp³-hybridized carbons (Fsp3) is 0.467. The Kier molecular flexibility index (Phi) is 3.11. The SMILES string of the molecule is Cc1ccccc1-c1nc(C2(N)CCCCC2)no1. The molecule has 4 heteroatoms. The van der Waals surface area contributed by atoms with Crippen LogP contribution in [0.1, 0.15) is 43.5 Å². The average molecular weight is 257 g/mol. The summed E-state index contributed by atoms with van der Waals surface area (Å²) in [4.78, 5) is 4.53. The molecule has 2 N–H and O–H groups in total. The molecule has 0 bridgehead atoms. The van der Waals surface area contributed by atoms with Crippen molar-refractivity contribution in [2.24, 2.45) is 5.73 Å². The Hall–Kier alpha value is -1.68. The third-order valence-electron chi connectivity index (χ3n) is 3.99. The molecule has 1 aliphatic carbocycles. The van der Waals surface area contributed by atoms with Gasteiger partial charge in [0, 0.05) is 5.56 Å². The van der Waals surface area contributed by atoms with Gasteiger partial charge in [-0.05, 0) is 31.4 Å². The zero-order chi connectivity index (χ0) is 13.3. The summed E-state index contributed by atoms with van der Waals surface area (Å²) in [6, 6.07) is 8.02. The van der Waals surface area contributed by atoms with Crippen LogP contribution in [-0.2, 0) is 5.54 Å². The molecule has 0 unspecified atom stereocenters. The quantitative estimate of drug-likeness (QED) is 0.897. The number of aryl methyl sites for hydroxylation is 1. The minimum absolute atomic E-state index is 0.400. The van der Waals surface area contributed by atoms with Gasteiger partial charge in [0.05, 0.1) is 5.54 Å². The summed E-state index contributed by atoms with van der Waals surface area (Å²) >= 11 is 0. The van der Waals surface area contributed by atoms with E-state index >= 15 is 0 Å². The highest BCUT2D eigenvalue weighted by Crippen LogP contribution is 2.34. The molecule has 1 fully saturated rings. The van der Waals surface area contributed by atoms with Crippen molar-refractivity contribution in [3.8, 4) is 11.5 Å². The third-order valence-corrected chi connectivity index (χ3v) is 3.99. The molecule has 0 saturated heterocycles. The number of rotatable bonds is 2. The molecular formula is C15H19N3O. The van der Waals surface area contributed by atoms with Crippen LogP contribution in [0.25, 0.3) is 11.5 Å². The topological polar surface area (TPSA) is 64.9 Å². The fourth-order valence-electron chi connectivity index (χ4n) is 2.75. The summed E-state index contributed by atoms with van der Waals surface area (Å²) in [6.07, 6.45) is 5.43. The van der Waals surface area contributed by atoms with Crippen molar-refractivity contribution in [2.45, 2.75) is 44.6 Å². The molecule has 1 saturated carbocycles. The largest absolute Gasteiger partial charge is 0.334 e. The average Bonchev–Trinajstić information content (AvgIpc) is 2.90. The van der Waals surface area contributed by atoms with Gasteiger partial charge in [0.2, 0.25) is 0 Å². The summed E-state index contributed by atoms with van der Waals surface area (Å²) in [5, 5.41) is 4.12. The molecule has 19 heavy (non-hydrogen) atoms. The van der Waals surface area contributed by atoms with E-state index < -0.39 is 5.54 Å². The molecule has 2 aromatic rings. The smallest absolute Gasteiger partial charge is 0.258 e. The standard InChI is InChI=1S/C15H19N3O/c1-11-7-3-4-8-12(11)13-17-14(18-19-13)15(16)9-5-2-6-10-15/h3-4,7-8H,2,5-6,9-10,16H2,1H3. The predicted molar refractivity (Wildman–Crippen MR) is 73.4 cm³/mol. The molecule has 1 aliphatic rings. The number of nitrogens with zero attached hydrogens (tertiary/aromatic N) is 2. The molecule has 0 spiro atoms. The van der Waals surface area contributed by atoms with Gasteiger partial charge < -0.3 is 10.3 Å². The predicted octanol–water partition coefficient (Wildman–Crippen LogP) is 3.16. The van der Waals surface area contributed by atoms with E-state index in [4.69, 9.17) is 10.3 Å². The minimum Gasteiger partial charge on any atom is -0.334 e. The minimum atomic E-state index is -0.400. The van der Waals surface area contributed by atoms with Gasteiger partial charge >= 0.3 is 0 Å². The van der Waals surface area contributed by atoms with Crippen LogP contribution in [0.15, 0.2) is 28.8 Å². The van der Waals surface area contributed by atoms with E-state index in [0.717, 1.165) is 36.8 Å². The van der Waals surface area contributed by atoms with E-state index in [2.05, 4.69) is 10.1 Å². The summed E-state index contributed by atoms with van der Waals surface area (Å²) in [5.74, 6) is 1.23. The maximum Gasteiger partial charge on any atom is 0.258 e. The molecule has 3 rings (SSSR count). The van der Waals surface area contributed by atoms with Crippen LogP contribution in [0.3, 0.4) is 0 Å². The van der Waals surface area contributed by atoms with Gasteiger partial charge in [0.15, 0.2) is 5.82 Å². The molecule has 0 atom stereocenters. The molecule has 4 nitrogen and oxygen atoms in total. The van der Waals surface area contributed by atoms with Crippen molar-refractivity contribution in [1.29, 1.82) is 0 Å². The third kappa shape index (κ3) is 2.28. The van der Waals surface area contributed by atoms with E-state index in [9.17, 15) is 0 Å². The number of hydrogen-bond donors (Lipinski definition) is 1. The van der Waals surface area contributed by atoms with Gasteiger partial charge in [-0.3, -0.25) is 0 Å². The summed E-state index contributed by atoms with van der Waals surface area (Å²) in [7, 11) is 0. The lowest BCUT2D eigenvalue weighted by Gasteiger charge is -2.29. The lowest BCUT2D eigenvalue weighted by Crippen LogP contribution is -2.39. The van der Waals surface area contributed by atoms with Crippen LogP contribution in [0.2, 0.25) is 0 Å². The van der Waals surface area contributed by atoms with Crippen molar-refractivity contribution >= 4 is 0 Å². The summed E-state index contributed by atoms with van der Waals surface area (Å²) < 4.78 is 5.41. The van der Waals surface area contributed by atoms with E-state index in [1.54, 1.807) is 0 Å². The maximum absolute atomic E-state index is 6.42. The molecule has 0 amide bonds. The van der Waals surface area contributed by atoms with Crippen molar-refractivity contribution in [1.82, 2.24) is 10.1 Å². The molecule has 1 aromatic carbocycles. The number of aromatic nitrogens is 2. The first-order valence-corrected chi connectivity index (χ1v) is 6.88. The number of hydrogen-bond acceptors (Lipinski definition) is 4. The van der Waals surface area contributed by atoms with Crippen LogP contribution in [0.4, 0.5) is 0 Å². The van der Waals surface area contributed by atoms with Crippen LogP contribution in [0.5, 0.6) is 0 Å². The first kappa shape index (κ1) is 12.4. The summed E-state index contributed by atoms with van der Waals surface area (Å²) in [5.41, 5.74) is 8.14. The van der Waals surface area contributed by atoms with E-state index in [-0.39, 0.29) is 0 Å². The second-order valence-corrected chi connectivity index (χ2v) is 5.45. The second-order valence-electron chi connectivity index (χ2n) is 5.45. The molecule has 0 aliphatic heterocycles. The van der Waals surface area contributed by atoms with E-state index in [0.29, 0.717) is 11.7 Å². The molecule has 1 heterocycles. The number of benzene rings is 1. The highest BCUT2D eigenvalue weighted by molar-refractivity contribution is 5.57. The van der Waals surface area contributed by atoms with Gasteiger partial charge in [-0.1, -0.05) is 42.6 Å². The molecule has 1 aromatic heterocycles. The van der Waals surface area contributed by atoms with Gasteiger partial charge in [-0.25, -0.2) is 0 Å².